The summed E-state index contributed by atoms with van der Waals surface area (Å²) >= 11 is 1.60. The number of rotatable bonds is 6. The molecule has 2 fully saturated rings. The number of hydrogen-bond donors (Lipinski definition) is 1. The number of carbonyl (C=O) groups excluding carboxylic acids is 1. The van der Waals surface area contributed by atoms with E-state index in [1.54, 1.807) is 11.3 Å². The van der Waals surface area contributed by atoms with Crippen molar-refractivity contribution in [1.29, 1.82) is 0 Å². The fourth-order valence-corrected chi connectivity index (χ4v) is 7.32. The van der Waals surface area contributed by atoms with Gasteiger partial charge in [0, 0.05) is 50.3 Å². The van der Waals surface area contributed by atoms with E-state index in [-0.39, 0.29) is 17.7 Å². The van der Waals surface area contributed by atoms with Gasteiger partial charge in [0.1, 0.15) is 16.4 Å². The molecule has 2 atom stereocenters. The number of piperidine rings is 1. The minimum Gasteiger partial charge on any atom is -0.444 e. The van der Waals surface area contributed by atoms with Gasteiger partial charge in [-0.2, -0.15) is 0 Å². The fourth-order valence-electron chi connectivity index (χ4n) is 6.72. The molecule has 7 heterocycles. The lowest BCUT2D eigenvalue weighted by Gasteiger charge is -2.40. The first-order chi connectivity index (χ1) is 22.6. The third-order valence-electron chi connectivity index (χ3n) is 9.51. The molecule has 13 heteroatoms. The van der Waals surface area contributed by atoms with Crippen LogP contribution in [0.4, 0.5) is 22.1 Å². The highest BCUT2D eigenvalue weighted by molar-refractivity contribution is 7.13. The second kappa shape index (κ2) is 12.6. The van der Waals surface area contributed by atoms with E-state index in [4.69, 9.17) is 29.5 Å². The van der Waals surface area contributed by atoms with Gasteiger partial charge in [0.15, 0.2) is 23.2 Å². The number of hydrogen-bond acceptors (Lipinski definition) is 11. The molecule has 4 aromatic rings. The lowest BCUT2D eigenvalue weighted by atomic mass is 9.80. The third kappa shape index (κ3) is 6.64. The SMILES string of the molecule is C[C@H]1CCN(c2nn(C3CCCCO3)c3nc(N4CCC(C)(CNC(=O)OC(C)(C)C)CC4)cnc23)c2ccc(-c3nccs3)nc21. The predicted octanol–water partition coefficient (Wildman–Crippen LogP) is 6.82. The van der Waals surface area contributed by atoms with Gasteiger partial charge in [0.05, 0.1) is 23.3 Å². The number of aromatic nitrogens is 6. The Morgan fingerprint density at radius 3 is 2.68 bits per heavy atom. The van der Waals surface area contributed by atoms with Crippen LogP contribution in [0.1, 0.15) is 91.0 Å². The summed E-state index contributed by atoms with van der Waals surface area (Å²) in [7, 11) is 0. The first kappa shape index (κ1) is 31.7. The van der Waals surface area contributed by atoms with Crippen molar-refractivity contribution >= 4 is 45.9 Å². The molecular weight excluding hydrogens is 615 g/mol. The lowest BCUT2D eigenvalue weighted by molar-refractivity contribution is -0.0368. The summed E-state index contributed by atoms with van der Waals surface area (Å²) in [6.45, 7) is 13.8. The maximum absolute atomic E-state index is 12.3. The molecule has 250 valence electrons. The van der Waals surface area contributed by atoms with Crippen LogP contribution in [-0.2, 0) is 9.47 Å². The minimum atomic E-state index is -0.515. The lowest BCUT2D eigenvalue weighted by Crippen LogP contribution is -2.46. The first-order valence-corrected chi connectivity index (χ1v) is 17.7. The Morgan fingerprint density at radius 2 is 1.96 bits per heavy atom. The second-order valence-electron chi connectivity index (χ2n) is 14.4. The molecule has 12 nitrogen and oxygen atoms in total. The Balaban J connectivity index is 1.16. The van der Waals surface area contributed by atoms with Gasteiger partial charge in [0.2, 0.25) is 0 Å². The predicted molar refractivity (Wildman–Crippen MR) is 183 cm³/mol. The Bertz CT molecular complexity index is 1720. The van der Waals surface area contributed by atoms with Gasteiger partial charge in [-0.25, -0.2) is 29.4 Å². The average molecular weight is 660 g/mol. The highest BCUT2D eigenvalue weighted by Crippen LogP contribution is 2.42. The summed E-state index contributed by atoms with van der Waals surface area (Å²) in [6, 6.07) is 4.21. The van der Waals surface area contributed by atoms with E-state index in [0.29, 0.717) is 19.1 Å². The van der Waals surface area contributed by atoms with Crippen LogP contribution < -0.4 is 15.1 Å². The number of nitrogens with zero attached hydrogens (tertiary/aromatic N) is 8. The van der Waals surface area contributed by atoms with Gasteiger partial charge in [-0.1, -0.05) is 13.8 Å². The molecular formula is C34H45N9O3S. The highest BCUT2D eigenvalue weighted by Gasteiger charge is 2.34. The number of thiazole rings is 1. The standard InChI is InChI=1S/C34H45N9O3S/c1-22-11-15-42(24-10-9-23(38-27(22)24)31-35-14-19-47-31)30-28-29(43(40-30)26-8-6-7-18-45-26)39-25(20-36-28)41-16-12-34(5,13-17-41)21-37-32(44)46-33(2,3)4/h9-10,14,19-20,22,26H,6-8,11-13,15-18,21H2,1-5H3,(H,37,44)/t22-,26?/m0/s1. The van der Waals surface area contributed by atoms with Crippen LogP contribution in [0.2, 0.25) is 0 Å². The summed E-state index contributed by atoms with van der Waals surface area (Å²) in [5, 5.41) is 11.1. The molecule has 0 radical (unpaired) electrons. The van der Waals surface area contributed by atoms with Crippen LogP contribution in [0.5, 0.6) is 0 Å². The molecule has 47 heavy (non-hydrogen) atoms. The van der Waals surface area contributed by atoms with Crippen molar-refractivity contribution in [3.63, 3.8) is 0 Å². The highest BCUT2D eigenvalue weighted by atomic mass is 32.1. The van der Waals surface area contributed by atoms with Gasteiger partial charge in [-0.05, 0) is 76.8 Å². The van der Waals surface area contributed by atoms with Crippen LogP contribution in [0.25, 0.3) is 21.9 Å². The van der Waals surface area contributed by atoms with Crippen LogP contribution in [0.15, 0.2) is 29.9 Å². The maximum Gasteiger partial charge on any atom is 0.407 e. The number of anilines is 3. The molecule has 2 saturated heterocycles. The van der Waals surface area contributed by atoms with Gasteiger partial charge in [-0.3, -0.25) is 0 Å². The summed E-state index contributed by atoms with van der Waals surface area (Å²) in [5.74, 6) is 1.95. The van der Waals surface area contributed by atoms with E-state index in [9.17, 15) is 4.79 Å². The molecule has 0 spiro atoms. The number of nitrogens with one attached hydrogen (secondary N) is 1. The van der Waals surface area contributed by atoms with E-state index in [1.807, 2.05) is 43.2 Å². The third-order valence-corrected chi connectivity index (χ3v) is 10.3. The molecule has 0 aromatic carbocycles. The number of ether oxygens (including phenoxy) is 2. The van der Waals surface area contributed by atoms with Crippen molar-refractivity contribution in [2.24, 2.45) is 5.41 Å². The van der Waals surface area contributed by atoms with E-state index >= 15 is 0 Å². The molecule has 0 aliphatic carbocycles. The van der Waals surface area contributed by atoms with Gasteiger partial charge < -0.3 is 24.6 Å². The number of carbonyl (C=O) groups is 1. The molecule has 1 amide bonds. The molecule has 0 saturated carbocycles. The molecule has 3 aliphatic heterocycles. The van der Waals surface area contributed by atoms with Crippen molar-refractivity contribution in [3.8, 4) is 10.7 Å². The van der Waals surface area contributed by atoms with E-state index in [1.165, 1.54) is 0 Å². The number of amides is 1. The molecule has 1 unspecified atom stereocenters. The average Bonchev–Trinajstić information content (AvgIpc) is 3.73. The smallest absolute Gasteiger partial charge is 0.407 e. The number of fused-ring (bicyclic) bond motifs is 2. The largest absolute Gasteiger partial charge is 0.444 e. The monoisotopic (exact) mass is 659 g/mol. The Labute approximate surface area is 279 Å². The number of pyridine rings is 1. The number of alkyl carbamates (subject to hydrolysis) is 1. The van der Waals surface area contributed by atoms with E-state index in [2.05, 4.69) is 46.1 Å². The van der Waals surface area contributed by atoms with E-state index in [0.717, 1.165) is 103 Å². The first-order valence-electron chi connectivity index (χ1n) is 16.8. The van der Waals surface area contributed by atoms with Crippen molar-refractivity contribution < 1.29 is 14.3 Å². The Hall–Kier alpha value is -3.84. The summed E-state index contributed by atoms with van der Waals surface area (Å²) < 4.78 is 13.7. The summed E-state index contributed by atoms with van der Waals surface area (Å²) in [6.07, 6.45) is 8.98. The van der Waals surface area contributed by atoms with Crippen LogP contribution in [-0.4, -0.2) is 74.2 Å². The minimum absolute atomic E-state index is 0.0257. The van der Waals surface area contributed by atoms with Crippen LogP contribution in [0, 0.1) is 5.41 Å². The maximum atomic E-state index is 12.3. The zero-order valence-corrected chi connectivity index (χ0v) is 28.8. The van der Waals surface area contributed by atoms with Gasteiger partial charge in [0.25, 0.3) is 0 Å². The Kier molecular flexibility index (Phi) is 8.54. The fraction of sp³-hybridized carbons (Fsp3) is 0.588. The van der Waals surface area contributed by atoms with Crippen molar-refractivity contribution in [2.45, 2.75) is 90.9 Å². The van der Waals surface area contributed by atoms with Crippen LogP contribution >= 0.6 is 11.3 Å². The Morgan fingerprint density at radius 1 is 1.13 bits per heavy atom. The zero-order valence-electron chi connectivity index (χ0n) is 28.0. The molecule has 4 aromatic heterocycles. The molecule has 0 bridgehead atoms. The van der Waals surface area contributed by atoms with Gasteiger partial charge in [-0.15, -0.1) is 16.4 Å². The summed E-state index contributed by atoms with van der Waals surface area (Å²) in [4.78, 5) is 36.7. The van der Waals surface area contributed by atoms with Crippen LogP contribution in [0.3, 0.4) is 0 Å². The second-order valence-corrected chi connectivity index (χ2v) is 15.3. The van der Waals surface area contributed by atoms with Crippen molar-refractivity contribution in [2.75, 3.05) is 42.6 Å². The van der Waals surface area contributed by atoms with E-state index < -0.39 is 5.60 Å². The van der Waals surface area contributed by atoms with Crippen molar-refractivity contribution in [3.05, 3.63) is 35.6 Å². The van der Waals surface area contributed by atoms with Gasteiger partial charge >= 0.3 is 6.09 Å². The molecule has 1 N–H and O–H groups in total. The topological polar surface area (TPSA) is 123 Å². The summed E-state index contributed by atoms with van der Waals surface area (Å²) in [5.41, 5.74) is 4.00. The zero-order chi connectivity index (χ0) is 32.8. The van der Waals surface area contributed by atoms with Crippen molar-refractivity contribution in [1.82, 2.24) is 35.0 Å². The quantitative estimate of drug-likeness (QED) is 0.236. The molecule has 3 aliphatic rings. The normalized spacial score (nSPS) is 21.5. The molecule has 7 rings (SSSR count).